The lowest BCUT2D eigenvalue weighted by Gasteiger charge is -2.14. The van der Waals surface area contributed by atoms with Gasteiger partial charge in [0.2, 0.25) is 0 Å². The van der Waals surface area contributed by atoms with E-state index in [2.05, 4.69) is 15.9 Å². The van der Waals surface area contributed by atoms with Crippen molar-refractivity contribution in [1.82, 2.24) is 5.32 Å². The van der Waals surface area contributed by atoms with Crippen molar-refractivity contribution < 1.29 is 22.7 Å². The van der Waals surface area contributed by atoms with Crippen LogP contribution in [0.5, 0.6) is 5.75 Å². The Kier molecular flexibility index (Phi) is 7.92. The van der Waals surface area contributed by atoms with E-state index >= 15 is 0 Å². The van der Waals surface area contributed by atoms with Crippen LogP contribution in [0.3, 0.4) is 0 Å². The number of nitrogens with one attached hydrogen (secondary N) is 1. The van der Waals surface area contributed by atoms with Gasteiger partial charge in [-0.05, 0) is 18.2 Å². The van der Waals surface area contributed by atoms with Crippen LogP contribution >= 0.6 is 28.3 Å². The summed E-state index contributed by atoms with van der Waals surface area (Å²) < 4.78 is 44.2. The molecule has 1 aromatic rings. The fourth-order valence-electron chi connectivity index (χ4n) is 1.09. The Hall–Kier alpha value is -0.990. The van der Waals surface area contributed by atoms with Crippen LogP contribution in [-0.4, -0.2) is 31.5 Å². The average Bonchev–Trinajstić information content (AvgIpc) is 2.35. The summed E-state index contributed by atoms with van der Waals surface area (Å²) in [5, 5.41) is 1.95. The summed E-state index contributed by atoms with van der Waals surface area (Å²) in [5.41, 5.74) is 4.80. The summed E-state index contributed by atoms with van der Waals surface area (Å²) in [4.78, 5) is 11.2. The molecule has 0 radical (unpaired) electrons. The fourth-order valence-corrected chi connectivity index (χ4v) is 1.42. The molecule has 9 heteroatoms. The van der Waals surface area contributed by atoms with E-state index in [1.54, 1.807) is 0 Å². The lowest BCUT2D eigenvalue weighted by molar-refractivity contribution is -0.124. The molecule has 4 nitrogen and oxygen atoms in total. The molecular weight excluding hydrogens is 364 g/mol. The highest BCUT2D eigenvalue weighted by Crippen LogP contribution is 2.21. The number of benzene rings is 1. The maximum absolute atomic E-state index is 13.3. The minimum Gasteiger partial charge on any atom is -0.481 e. The standard InChI is InChI=1S/C11H12BrF3N2O2.ClH/c12-7-1-2-9(8(13)3-7)19-4-10(18)17-6-11(14,15)5-16;/h1-3H,4-6,16H2,(H,17,18);1H. The highest BCUT2D eigenvalue weighted by molar-refractivity contribution is 9.10. The predicted octanol–water partition coefficient (Wildman–Crippen LogP) is 2.10. The first-order chi connectivity index (χ1) is 8.84. The normalized spacial score (nSPS) is 10.7. The summed E-state index contributed by atoms with van der Waals surface area (Å²) in [6.07, 6.45) is 0. The second-order valence-electron chi connectivity index (χ2n) is 3.70. The van der Waals surface area contributed by atoms with E-state index in [0.717, 1.165) is 6.07 Å². The number of hydrogen-bond acceptors (Lipinski definition) is 3. The molecular formula is C11H13BrClF3N2O2. The number of hydrogen-bond donors (Lipinski definition) is 2. The van der Waals surface area contributed by atoms with Crippen LogP contribution in [0.2, 0.25) is 0 Å². The number of carbonyl (C=O) groups is 1. The Bertz CT molecular complexity index is 463. The first-order valence-electron chi connectivity index (χ1n) is 5.26. The van der Waals surface area contributed by atoms with Crippen LogP contribution in [0.15, 0.2) is 22.7 Å². The Morgan fingerprint density at radius 2 is 2.10 bits per heavy atom. The van der Waals surface area contributed by atoms with Crippen LogP contribution in [0, 0.1) is 5.82 Å². The lowest BCUT2D eigenvalue weighted by Crippen LogP contribution is -2.43. The molecule has 0 saturated heterocycles. The number of nitrogens with two attached hydrogens (primary N) is 1. The molecule has 0 saturated carbocycles. The molecule has 0 atom stereocenters. The Balaban J connectivity index is 0.00000361. The van der Waals surface area contributed by atoms with Crippen LogP contribution < -0.4 is 15.8 Å². The van der Waals surface area contributed by atoms with E-state index in [9.17, 15) is 18.0 Å². The second kappa shape index (κ2) is 8.33. The molecule has 1 amide bonds. The first-order valence-corrected chi connectivity index (χ1v) is 6.06. The van der Waals surface area contributed by atoms with E-state index in [0.29, 0.717) is 4.47 Å². The van der Waals surface area contributed by atoms with Crippen molar-refractivity contribution in [3.63, 3.8) is 0 Å². The van der Waals surface area contributed by atoms with Gasteiger partial charge in [0.15, 0.2) is 18.2 Å². The zero-order valence-corrected chi connectivity index (χ0v) is 12.6. The van der Waals surface area contributed by atoms with Crippen molar-refractivity contribution in [3.8, 4) is 5.75 Å². The third kappa shape index (κ3) is 6.44. The molecule has 0 aliphatic carbocycles. The van der Waals surface area contributed by atoms with Crippen molar-refractivity contribution in [1.29, 1.82) is 0 Å². The van der Waals surface area contributed by atoms with Crippen LogP contribution in [0.4, 0.5) is 13.2 Å². The van der Waals surface area contributed by atoms with Gasteiger partial charge >= 0.3 is 0 Å². The maximum atomic E-state index is 13.3. The largest absolute Gasteiger partial charge is 0.481 e. The van der Waals surface area contributed by atoms with E-state index < -0.39 is 37.3 Å². The minimum atomic E-state index is -3.17. The Morgan fingerprint density at radius 1 is 1.45 bits per heavy atom. The molecule has 1 rings (SSSR count). The molecule has 20 heavy (non-hydrogen) atoms. The van der Waals surface area contributed by atoms with E-state index in [1.807, 2.05) is 5.32 Å². The van der Waals surface area contributed by atoms with Crippen molar-refractivity contribution in [3.05, 3.63) is 28.5 Å². The maximum Gasteiger partial charge on any atom is 0.277 e. The van der Waals surface area contributed by atoms with Crippen LogP contribution in [0.1, 0.15) is 0 Å². The molecule has 3 N–H and O–H groups in total. The van der Waals surface area contributed by atoms with Crippen molar-refractivity contribution in [2.45, 2.75) is 5.92 Å². The highest BCUT2D eigenvalue weighted by atomic mass is 79.9. The second-order valence-corrected chi connectivity index (χ2v) is 4.62. The molecule has 0 spiro atoms. The van der Waals surface area contributed by atoms with Crippen molar-refractivity contribution >= 4 is 34.2 Å². The van der Waals surface area contributed by atoms with Crippen LogP contribution in [-0.2, 0) is 4.79 Å². The zero-order chi connectivity index (χ0) is 14.5. The zero-order valence-electron chi connectivity index (χ0n) is 10.2. The van der Waals surface area contributed by atoms with Crippen molar-refractivity contribution in [2.24, 2.45) is 5.73 Å². The smallest absolute Gasteiger partial charge is 0.277 e. The van der Waals surface area contributed by atoms with Gasteiger partial charge in [0.1, 0.15) is 0 Å². The summed E-state index contributed by atoms with van der Waals surface area (Å²) in [6.45, 7) is -2.30. The third-order valence-electron chi connectivity index (χ3n) is 2.10. The van der Waals surface area contributed by atoms with Gasteiger partial charge in [-0.1, -0.05) is 15.9 Å². The summed E-state index contributed by atoms with van der Waals surface area (Å²) in [7, 11) is 0. The van der Waals surface area contributed by atoms with E-state index in [-0.39, 0.29) is 18.2 Å². The highest BCUT2D eigenvalue weighted by Gasteiger charge is 2.27. The topological polar surface area (TPSA) is 64.3 Å². The lowest BCUT2D eigenvalue weighted by atomic mass is 10.3. The number of amides is 1. The number of halogens is 5. The molecule has 0 aromatic heterocycles. The number of alkyl halides is 2. The number of ether oxygens (including phenoxy) is 1. The molecule has 0 unspecified atom stereocenters. The number of carbonyl (C=O) groups excluding carboxylic acids is 1. The summed E-state index contributed by atoms with van der Waals surface area (Å²) >= 11 is 3.06. The van der Waals surface area contributed by atoms with E-state index in [1.165, 1.54) is 12.1 Å². The average molecular weight is 378 g/mol. The van der Waals surface area contributed by atoms with Gasteiger partial charge < -0.3 is 15.8 Å². The summed E-state index contributed by atoms with van der Waals surface area (Å²) in [5.74, 6) is -4.74. The number of rotatable bonds is 6. The monoisotopic (exact) mass is 376 g/mol. The van der Waals surface area contributed by atoms with Gasteiger partial charge in [-0.3, -0.25) is 4.79 Å². The quantitative estimate of drug-likeness (QED) is 0.798. The van der Waals surface area contributed by atoms with Gasteiger partial charge in [-0.2, -0.15) is 0 Å². The molecule has 0 aliphatic heterocycles. The van der Waals surface area contributed by atoms with Gasteiger partial charge in [0, 0.05) is 4.47 Å². The first kappa shape index (κ1) is 19.0. The van der Waals surface area contributed by atoms with Gasteiger partial charge in [0.05, 0.1) is 13.1 Å². The molecule has 0 heterocycles. The molecule has 0 bridgehead atoms. The van der Waals surface area contributed by atoms with E-state index in [4.69, 9.17) is 10.5 Å². The molecule has 1 aromatic carbocycles. The summed E-state index contributed by atoms with van der Waals surface area (Å²) in [6, 6.07) is 4.01. The SMILES string of the molecule is Cl.NCC(F)(F)CNC(=O)COc1ccc(Br)cc1F. The van der Waals surface area contributed by atoms with Gasteiger partial charge in [-0.25, -0.2) is 13.2 Å². The molecule has 114 valence electrons. The Labute approximate surface area is 128 Å². The van der Waals surface area contributed by atoms with Gasteiger partial charge in [0.25, 0.3) is 11.8 Å². The van der Waals surface area contributed by atoms with Crippen molar-refractivity contribution in [2.75, 3.05) is 19.7 Å². The Morgan fingerprint density at radius 3 is 2.65 bits per heavy atom. The van der Waals surface area contributed by atoms with Crippen LogP contribution in [0.25, 0.3) is 0 Å². The third-order valence-corrected chi connectivity index (χ3v) is 2.59. The molecule has 0 fully saturated rings. The minimum absolute atomic E-state index is 0. The predicted molar refractivity (Wildman–Crippen MR) is 73.9 cm³/mol. The molecule has 0 aliphatic rings. The fraction of sp³-hybridized carbons (Fsp3) is 0.364. The van der Waals surface area contributed by atoms with Gasteiger partial charge in [-0.15, -0.1) is 12.4 Å².